The number of aliphatic hydroxyl groups excluding tert-OH is 1. The minimum Gasteiger partial charge on any atom is -0.387 e. The van der Waals surface area contributed by atoms with Crippen LogP contribution in [0.25, 0.3) is 0 Å². The molecule has 1 atom stereocenters. The highest BCUT2D eigenvalue weighted by Gasteiger charge is 2.20. The van der Waals surface area contributed by atoms with Crippen molar-refractivity contribution in [3.05, 3.63) is 34.9 Å². The number of halogens is 1. The van der Waals surface area contributed by atoms with Crippen molar-refractivity contribution in [1.29, 1.82) is 0 Å². The molecular weight excluding hydrogens is 234 g/mol. The van der Waals surface area contributed by atoms with Crippen molar-refractivity contribution >= 4 is 11.6 Å². The van der Waals surface area contributed by atoms with Crippen molar-refractivity contribution in [2.45, 2.75) is 31.8 Å². The van der Waals surface area contributed by atoms with Gasteiger partial charge in [0, 0.05) is 17.1 Å². The van der Waals surface area contributed by atoms with Gasteiger partial charge in [0.05, 0.1) is 6.10 Å². The summed E-state index contributed by atoms with van der Waals surface area (Å²) in [6.45, 7) is 1.56. The normalized spacial score (nSPS) is 17.1. The summed E-state index contributed by atoms with van der Waals surface area (Å²) < 4.78 is 0. The van der Waals surface area contributed by atoms with Gasteiger partial charge in [0.25, 0.3) is 0 Å². The highest BCUT2D eigenvalue weighted by atomic mass is 35.5. The van der Waals surface area contributed by atoms with Crippen molar-refractivity contribution in [3.63, 3.8) is 0 Å². The van der Waals surface area contributed by atoms with Crippen LogP contribution >= 0.6 is 11.6 Å². The molecule has 0 heterocycles. The van der Waals surface area contributed by atoms with Crippen LogP contribution in [0.15, 0.2) is 24.3 Å². The van der Waals surface area contributed by atoms with E-state index < -0.39 is 6.10 Å². The third kappa shape index (κ3) is 4.30. The Hall–Kier alpha value is -0.570. The van der Waals surface area contributed by atoms with Crippen molar-refractivity contribution in [1.82, 2.24) is 5.32 Å². The van der Waals surface area contributed by atoms with E-state index in [4.69, 9.17) is 11.6 Å². The molecule has 2 N–H and O–H groups in total. The molecule has 1 aliphatic rings. The fourth-order valence-corrected chi connectivity index (χ4v) is 2.28. The van der Waals surface area contributed by atoms with Gasteiger partial charge in [-0.15, -0.1) is 0 Å². The molecule has 94 valence electrons. The molecule has 1 aromatic rings. The Kier molecular flexibility index (Phi) is 4.84. The molecule has 1 fully saturated rings. The molecule has 0 saturated heterocycles. The largest absolute Gasteiger partial charge is 0.387 e. The second kappa shape index (κ2) is 6.39. The van der Waals surface area contributed by atoms with Gasteiger partial charge in [0.2, 0.25) is 0 Å². The van der Waals surface area contributed by atoms with E-state index in [1.54, 1.807) is 0 Å². The molecular formula is C14H20ClNO. The van der Waals surface area contributed by atoms with Crippen molar-refractivity contribution in [2.75, 3.05) is 13.1 Å². The van der Waals surface area contributed by atoms with E-state index in [0.29, 0.717) is 11.6 Å². The Morgan fingerprint density at radius 1 is 1.35 bits per heavy atom. The van der Waals surface area contributed by atoms with Crippen LogP contribution in [0.1, 0.15) is 37.4 Å². The van der Waals surface area contributed by atoms with E-state index in [1.165, 1.54) is 25.7 Å². The Bertz CT molecular complexity index is 352. The SMILES string of the molecule is OC(CNCCCC1CC1)c1ccccc1Cl. The van der Waals surface area contributed by atoms with Gasteiger partial charge in [-0.05, 0) is 31.4 Å². The van der Waals surface area contributed by atoms with Crippen molar-refractivity contribution in [3.8, 4) is 0 Å². The topological polar surface area (TPSA) is 32.3 Å². The summed E-state index contributed by atoms with van der Waals surface area (Å²) in [4.78, 5) is 0. The van der Waals surface area contributed by atoms with E-state index in [2.05, 4.69) is 5.32 Å². The zero-order valence-corrected chi connectivity index (χ0v) is 10.8. The van der Waals surface area contributed by atoms with Crippen LogP contribution in [-0.4, -0.2) is 18.2 Å². The fraction of sp³-hybridized carbons (Fsp3) is 0.571. The Balaban J connectivity index is 1.65. The van der Waals surface area contributed by atoms with E-state index in [0.717, 1.165) is 18.0 Å². The first-order valence-electron chi connectivity index (χ1n) is 6.40. The Labute approximate surface area is 108 Å². The van der Waals surface area contributed by atoms with Crippen molar-refractivity contribution < 1.29 is 5.11 Å². The first kappa shape index (κ1) is 12.9. The second-order valence-corrected chi connectivity index (χ2v) is 5.23. The predicted octanol–water partition coefficient (Wildman–Crippen LogP) is 3.15. The van der Waals surface area contributed by atoms with E-state index in [1.807, 2.05) is 24.3 Å². The van der Waals surface area contributed by atoms with Gasteiger partial charge in [0.15, 0.2) is 0 Å². The van der Waals surface area contributed by atoms with E-state index >= 15 is 0 Å². The molecule has 1 unspecified atom stereocenters. The van der Waals surface area contributed by atoms with Gasteiger partial charge in [-0.1, -0.05) is 42.6 Å². The number of hydrogen-bond donors (Lipinski definition) is 2. The van der Waals surface area contributed by atoms with E-state index in [9.17, 15) is 5.11 Å². The highest BCUT2D eigenvalue weighted by Crippen LogP contribution is 2.33. The molecule has 1 aliphatic carbocycles. The Morgan fingerprint density at radius 3 is 2.82 bits per heavy atom. The maximum Gasteiger partial charge on any atom is 0.0928 e. The average Bonchev–Trinajstić information content (AvgIpc) is 3.13. The third-order valence-corrected chi connectivity index (χ3v) is 3.61. The van der Waals surface area contributed by atoms with Gasteiger partial charge >= 0.3 is 0 Å². The molecule has 0 radical (unpaired) electrons. The molecule has 1 aromatic carbocycles. The zero-order chi connectivity index (χ0) is 12.1. The Morgan fingerprint density at radius 2 is 2.12 bits per heavy atom. The number of aliphatic hydroxyl groups is 1. The van der Waals surface area contributed by atoms with Gasteiger partial charge in [0.1, 0.15) is 0 Å². The molecule has 2 nitrogen and oxygen atoms in total. The highest BCUT2D eigenvalue weighted by molar-refractivity contribution is 6.31. The minimum atomic E-state index is -0.510. The van der Waals surface area contributed by atoms with Crippen LogP contribution in [0.3, 0.4) is 0 Å². The maximum absolute atomic E-state index is 9.98. The lowest BCUT2D eigenvalue weighted by Gasteiger charge is -2.13. The third-order valence-electron chi connectivity index (χ3n) is 3.26. The molecule has 0 aromatic heterocycles. The standard InChI is InChI=1S/C14H20ClNO/c15-13-6-2-1-5-12(13)14(17)10-16-9-3-4-11-7-8-11/h1-2,5-6,11,14,16-17H,3-4,7-10H2. The van der Waals surface area contributed by atoms with Crippen LogP contribution in [0.5, 0.6) is 0 Å². The molecule has 0 amide bonds. The van der Waals surface area contributed by atoms with Gasteiger partial charge in [-0.2, -0.15) is 0 Å². The summed E-state index contributed by atoms with van der Waals surface area (Å²) in [5.74, 6) is 0.991. The quantitative estimate of drug-likeness (QED) is 0.732. The lowest BCUT2D eigenvalue weighted by Crippen LogP contribution is -2.22. The van der Waals surface area contributed by atoms with Gasteiger partial charge < -0.3 is 10.4 Å². The molecule has 17 heavy (non-hydrogen) atoms. The number of benzene rings is 1. The molecule has 0 aliphatic heterocycles. The maximum atomic E-state index is 9.98. The second-order valence-electron chi connectivity index (χ2n) is 4.83. The first-order chi connectivity index (χ1) is 8.27. The van der Waals surface area contributed by atoms with Crippen LogP contribution in [0, 0.1) is 5.92 Å². The van der Waals surface area contributed by atoms with Gasteiger partial charge in [-0.25, -0.2) is 0 Å². The van der Waals surface area contributed by atoms with Gasteiger partial charge in [-0.3, -0.25) is 0 Å². The summed E-state index contributed by atoms with van der Waals surface area (Å²) in [6.07, 6.45) is 4.86. The summed E-state index contributed by atoms with van der Waals surface area (Å²) in [7, 11) is 0. The number of rotatable bonds is 7. The van der Waals surface area contributed by atoms with Crippen LogP contribution in [-0.2, 0) is 0 Å². The fourth-order valence-electron chi connectivity index (χ4n) is 2.02. The smallest absolute Gasteiger partial charge is 0.0928 e. The van der Waals surface area contributed by atoms with Crippen molar-refractivity contribution in [2.24, 2.45) is 5.92 Å². The van der Waals surface area contributed by atoms with Crippen LogP contribution in [0.2, 0.25) is 5.02 Å². The zero-order valence-electron chi connectivity index (χ0n) is 10.0. The monoisotopic (exact) mass is 253 g/mol. The van der Waals surface area contributed by atoms with Crippen LogP contribution < -0.4 is 5.32 Å². The summed E-state index contributed by atoms with van der Waals surface area (Å²) in [6, 6.07) is 7.46. The van der Waals surface area contributed by atoms with E-state index in [-0.39, 0.29) is 0 Å². The minimum absolute atomic E-state index is 0.510. The number of hydrogen-bond acceptors (Lipinski definition) is 2. The van der Waals surface area contributed by atoms with Crippen LogP contribution in [0.4, 0.5) is 0 Å². The summed E-state index contributed by atoms with van der Waals surface area (Å²) in [5, 5.41) is 13.9. The summed E-state index contributed by atoms with van der Waals surface area (Å²) in [5.41, 5.74) is 0.809. The first-order valence-corrected chi connectivity index (χ1v) is 6.78. The molecule has 2 rings (SSSR count). The molecule has 0 spiro atoms. The molecule has 0 bridgehead atoms. The number of nitrogens with one attached hydrogen (secondary N) is 1. The lowest BCUT2D eigenvalue weighted by molar-refractivity contribution is 0.175. The molecule has 3 heteroatoms. The average molecular weight is 254 g/mol. The lowest BCUT2D eigenvalue weighted by atomic mass is 10.1. The predicted molar refractivity (Wildman–Crippen MR) is 71.2 cm³/mol. The molecule has 1 saturated carbocycles. The summed E-state index contributed by atoms with van der Waals surface area (Å²) >= 11 is 6.02.